The van der Waals surface area contributed by atoms with E-state index in [4.69, 9.17) is 32.7 Å². The summed E-state index contributed by atoms with van der Waals surface area (Å²) in [4.78, 5) is 12.3. The fourth-order valence-corrected chi connectivity index (χ4v) is 2.90. The second kappa shape index (κ2) is 5.58. The molecule has 21 heavy (non-hydrogen) atoms. The zero-order chi connectivity index (χ0) is 15.0. The van der Waals surface area contributed by atoms with E-state index in [1.807, 2.05) is 0 Å². The summed E-state index contributed by atoms with van der Waals surface area (Å²) in [6.45, 7) is 0. The van der Waals surface area contributed by atoms with Crippen molar-refractivity contribution >= 4 is 29.0 Å². The Morgan fingerprint density at radius 3 is 2.71 bits per heavy atom. The van der Waals surface area contributed by atoms with Crippen LogP contribution >= 0.6 is 23.2 Å². The highest BCUT2D eigenvalue weighted by atomic mass is 35.5. The number of ether oxygens (including phenoxy) is 2. The number of methoxy groups -OCH3 is 1. The summed E-state index contributed by atoms with van der Waals surface area (Å²) < 4.78 is 11.0. The van der Waals surface area contributed by atoms with Crippen molar-refractivity contribution < 1.29 is 14.3 Å². The van der Waals surface area contributed by atoms with Gasteiger partial charge in [-0.1, -0.05) is 29.3 Å². The Balaban J connectivity index is 1.96. The van der Waals surface area contributed by atoms with Gasteiger partial charge < -0.3 is 9.47 Å². The molecule has 1 aliphatic heterocycles. The van der Waals surface area contributed by atoms with Crippen molar-refractivity contribution in [2.45, 2.75) is 12.5 Å². The third-order valence-corrected chi connectivity index (χ3v) is 4.00. The molecule has 0 bridgehead atoms. The van der Waals surface area contributed by atoms with Crippen molar-refractivity contribution in [2.75, 3.05) is 7.11 Å². The van der Waals surface area contributed by atoms with Gasteiger partial charge in [-0.2, -0.15) is 0 Å². The van der Waals surface area contributed by atoms with Gasteiger partial charge in [0, 0.05) is 15.6 Å². The van der Waals surface area contributed by atoms with Crippen molar-refractivity contribution in [3.05, 3.63) is 57.6 Å². The summed E-state index contributed by atoms with van der Waals surface area (Å²) in [5.41, 5.74) is 1.30. The van der Waals surface area contributed by atoms with Crippen molar-refractivity contribution in [2.24, 2.45) is 0 Å². The molecule has 1 aliphatic rings. The Hall–Kier alpha value is -1.71. The van der Waals surface area contributed by atoms with Crippen LogP contribution < -0.4 is 9.47 Å². The molecular formula is C16H12Cl2O3. The lowest BCUT2D eigenvalue weighted by molar-refractivity contribution is 0.0849. The topological polar surface area (TPSA) is 35.5 Å². The summed E-state index contributed by atoms with van der Waals surface area (Å²) in [6, 6.07) is 10.4. The SMILES string of the molecule is COc1ccc2c(c1)C(=O)CC(c1ccc(Cl)cc1Cl)O2. The first-order chi connectivity index (χ1) is 10.1. The molecule has 2 aromatic carbocycles. The smallest absolute Gasteiger partial charge is 0.170 e. The van der Waals surface area contributed by atoms with Gasteiger partial charge >= 0.3 is 0 Å². The van der Waals surface area contributed by atoms with Crippen LogP contribution in [0.1, 0.15) is 28.4 Å². The molecule has 108 valence electrons. The van der Waals surface area contributed by atoms with Crippen LogP contribution in [0.25, 0.3) is 0 Å². The van der Waals surface area contributed by atoms with Gasteiger partial charge in [0.1, 0.15) is 17.6 Å². The van der Waals surface area contributed by atoms with Gasteiger partial charge in [0.15, 0.2) is 5.78 Å². The van der Waals surface area contributed by atoms with Crippen molar-refractivity contribution in [1.82, 2.24) is 0 Å². The van der Waals surface area contributed by atoms with Gasteiger partial charge in [0.2, 0.25) is 0 Å². The van der Waals surface area contributed by atoms with Gasteiger partial charge in [-0.25, -0.2) is 0 Å². The maximum Gasteiger partial charge on any atom is 0.170 e. The van der Waals surface area contributed by atoms with Crippen LogP contribution in [0.2, 0.25) is 10.0 Å². The number of halogens is 2. The number of hydrogen-bond acceptors (Lipinski definition) is 3. The summed E-state index contributed by atoms with van der Waals surface area (Å²) in [7, 11) is 1.56. The fourth-order valence-electron chi connectivity index (χ4n) is 2.37. The molecule has 0 N–H and O–H groups in total. The summed E-state index contributed by atoms with van der Waals surface area (Å²) >= 11 is 12.1. The number of rotatable bonds is 2. The van der Waals surface area contributed by atoms with Crippen LogP contribution in [0.4, 0.5) is 0 Å². The van der Waals surface area contributed by atoms with E-state index in [9.17, 15) is 4.79 Å². The molecule has 1 heterocycles. The maximum absolute atomic E-state index is 12.3. The Morgan fingerprint density at radius 1 is 1.19 bits per heavy atom. The van der Waals surface area contributed by atoms with Gasteiger partial charge in [0.25, 0.3) is 0 Å². The molecule has 1 atom stereocenters. The van der Waals surface area contributed by atoms with Crippen LogP contribution in [0.3, 0.4) is 0 Å². The summed E-state index contributed by atoms with van der Waals surface area (Å²) in [5.74, 6) is 1.18. The van der Waals surface area contributed by atoms with E-state index in [0.717, 1.165) is 5.56 Å². The second-order valence-corrected chi connectivity index (χ2v) is 5.61. The Labute approximate surface area is 132 Å². The van der Waals surface area contributed by atoms with Crippen molar-refractivity contribution in [1.29, 1.82) is 0 Å². The van der Waals surface area contributed by atoms with Gasteiger partial charge in [-0.15, -0.1) is 0 Å². The van der Waals surface area contributed by atoms with Crippen LogP contribution in [-0.2, 0) is 0 Å². The second-order valence-electron chi connectivity index (χ2n) is 4.76. The highest BCUT2D eigenvalue weighted by Crippen LogP contribution is 2.39. The quantitative estimate of drug-likeness (QED) is 0.803. The number of ketones is 1. The number of carbonyl (C=O) groups is 1. The minimum atomic E-state index is -0.400. The van der Waals surface area contributed by atoms with E-state index in [2.05, 4.69) is 0 Å². The molecular weight excluding hydrogens is 311 g/mol. The highest BCUT2D eigenvalue weighted by molar-refractivity contribution is 6.35. The standard InChI is InChI=1S/C16H12Cl2O3/c1-20-10-3-5-15-12(7-10)14(19)8-16(21-15)11-4-2-9(17)6-13(11)18/h2-7,16H,8H2,1H3. The number of benzene rings is 2. The first kappa shape index (κ1) is 14.2. The van der Waals surface area contributed by atoms with E-state index in [-0.39, 0.29) is 12.2 Å². The molecule has 5 heteroatoms. The van der Waals surface area contributed by atoms with E-state index >= 15 is 0 Å². The molecule has 0 fully saturated rings. The summed E-state index contributed by atoms with van der Waals surface area (Å²) in [6.07, 6.45) is -0.162. The van der Waals surface area contributed by atoms with E-state index in [1.54, 1.807) is 43.5 Å². The number of Topliss-reactive ketones (excluding diaryl/α,β-unsaturated/α-hetero) is 1. The minimum absolute atomic E-state index is 0.00571. The van der Waals surface area contributed by atoms with Gasteiger partial charge in [-0.05, 0) is 30.3 Å². The van der Waals surface area contributed by atoms with Crippen LogP contribution in [0, 0.1) is 0 Å². The Morgan fingerprint density at radius 2 is 2.00 bits per heavy atom. The number of fused-ring (bicyclic) bond motifs is 1. The van der Waals surface area contributed by atoms with E-state index in [1.165, 1.54) is 0 Å². The van der Waals surface area contributed by atoms with E-state index in [0.29, 0.717) is 27.1 Å². The molecule has 0 spiro atoms. The Bertz CT molecular complexity index is 713. The minimum Gasteiger partial charge on any atom is -0.497 e. The predicted molar refractivity (Wildman–Crippen MR) is 81.8 cm³/mol. The molecule has 3 rings (SSSR count). The first-order valence-electron chi connectivity index (χ1n) is 6.41. The largest absolute Gasteiger partial charge is 0.497 e. The number of carbonyl (C=O) groups excluding carboxylic acids is 1. The average molecular weight is 323 g/mol. The van der Waals surface area contributed by atoms with Crippen LogP contribution in [0.5, 0.6) is 11.5 Å². The lowest BCUT2D eigenvalue weighted by Gasteiger charge is -2.26. The Kier molecular flexibility index (Phi) is 3.79. The molecule has 0 saturated heterocycles. The molecule has 1 unspecified atom stereocenters. The lowest BCUT2D eigenvalue weighted by atomic mass is 9.96. The first-order valence-corrected chi connectivity index (χ1v) is 7.17. The van der Waals surface area contributed by atoms with Crippen molar-refractivity contribution in [3.8, 4) is 11.5 Å². The molecule has 0 amide bonds. The van der Waals surface area contributed by atoms with Gasteiger partial charge in [0.05, 0.1) is 19.1 Å². The molecule has 2 aromatic rings. The normalized spacial score (nSPS) is 17.1. The molecule has 0 saturated carbocycles. The zero-order valence-electron chi connectivity index (χ0n) is 11.2. The maximum atomic E-state index is 12.3. The third-order valence-electron chi connectivity index (χ3n) is 3.44. The van der Waals surface area contributed by atoms with Crippen LogP contribution in [-0.4, -0.2) is 12.9 Å². The number of hydrogen-bond donors (Lipinski definition) is 0. The molecule has 0 aliphatic carbocycles. The average Bonchev–Trinajstić information content (AvgIpc) is 2.47. The monoisotopic (exact) mass is 322 g/mol. The van der Waals surface area contributed by atoms with Crippen molar-refractivity contribution in [3.63, 3.8) is 0 Å². The third kappa shape index (κ3) is 2.71. The predicted octanol–water partition coefficient (Wildman–Crippen LogP) is 4.71. The summed E-state index contributed by atoms with van der Waals surface area (Å²) in [5, 5.41) is 1.05. The zero-order valence-corrected chi connectivity index (χ0v) is 12.7. The molecule has 0 aromatic heterocycles. The molecule has 3 nitrogen and oxygen atoms in total. The fraction of sp³-hybridized carbons (Fsp3) is 0.188. The van der Waals surface area contributed by atoms with Gasteiger partial charge in [-0.3, -0.25) is 4.79 Å². The molecule has 0 radical (unpaired) electrons. The van der Waals surface area contributed by atoms with E-state index < -0.39 is 6.10 Å². The lowest BCUT2D eigenvalue weighted by Crippen LogP contribution is -2.20. The highest BCUT2D eigenvalue weighted by Gasteiger charge is 2.29. The van der Waals surface area contributed by atoms with Crippen LogP contribution in [0.15, 0.2) is 36.4 Å².